The molecule has 6 heteroatoms. The van der Waals surface area contributed by atoms with Gasteiger partial charge in [0.15, 0.2) is 0 Å². The van der Waals surface area contributed by atoms with Gasteiger partial charge in [-0.1, -0.05) is 19.3 Å². The Hall–Kier alpha value is -2.50. The van der Waals surface area contributed by atoms with Crippen LogP contribution in [0.1, 0.15) is 51.4 Å². The number of Topliss-reactive ketones (excluding diaryl/α,β-unsaturated/α-hetero) is 1. The lowest BCUT2D eigenvalue weighted by Gasteiger charge is -2.37. The topological polar surface area (TPSA) is 71.1 Å². The van der Waals surface area contributed by atoms with Crippen LogP contribution in [0.3, 0.4) is 0 Å². The van der Waals surface area contributed by atoms with Crippen LogP contribution >= 0.6 is 0 Å². The van der Waals surface area contributed by atoms with Crippen LogP contribution in [0.2, 0.25) is 0 Å². The smallest absolute Gasteiger partial charge is 0.309 e. The summed E-state index contributed by atoms with van der Waals surface area (Å²) in [6, 6.07) is 7.05. The minimum Gasteiger partial charge on any atom is -0.497 e. The number of ketones is 1. The lowest BCUT2D eigenvalue weighted by Crippen LogP contribution is -2.43. The Morgan fingerprint density at radius 3 is 2.45 bits per heavy atom. The monoisotopic (exact) mass is 400 g/mol. The van der Waals surface area contributed by atoms with Crippen molar-refractivity contribution < 1.29 is 28.5 Å². The van der Waals surface area contributed by atoms with Crippen LogP contribution in [0.15, 0.2) is 36.3 Å². The molecule has 156 valence electrons. The molecule has 0 saturated heterocycles. The molecule has 1 aromatic rings. The fraction of sp³-hybridized carbons (Fsp3) is 0.565. The van der Waals surface area contributed by atoms with Crippen molar-refractivity contribution in [2.24, 2.45) is 11.8 Å². The van der Waals surface area contributed by atoms with Gasteiger partial charge in [-0.15, -0.1) is 0 Å². The lowest BCUT2D eigenvalue weighted by molar-refractivity contribution is -0.160. The number of fused-ring (bicyclic) bond motifs is 1. The van der Waals surface area contributed by atoms with Crippen molar-refractivity contribution in [3.8, 4) is 11.5 Å². The molecular weight excluding hydrogens is 372 g/mol. The van der Waals surface area contributed by atoms with Crippen molar-refractivity contribution in [1.82, 2.24) is 0 Å². The summed E-state index contributed by atoms with van der Waals surface area (Å²) in [6.07, 6.45) is 8.13. The summed E-state index contributed by atoms with van der Waals surface area (Å²) in [5.41, 5.74) is 0. The van der Waals surface area contributed by atoms with E-state index in [9.17, 15) is 9.59 Å². The highest BCUT2D eigenvalue weighted by atomic mass is 16.6. The number of rotatable bonds is 5. The van der Waals surface area contributed by atoms with Gasteiger partial charge in [0.05, 0.1) is 18.9 Å². The molecule has 0 bridgehead atoms. The Labute approximate surface area is 171 Å². The molecule has 0 radical (unpaired) electrons. The second-order valence-corrected chi connectivity index (χ2v) is 8.11. The normalized spacial score (nSPS) is 27.3. The molecule has 1 heterocycles. The van der Waals surface area contributed by atoms with E-state index in [1.807, 2.05) is 0 Å². The summed E-state index contributed by atoms with van der Waals surface area (Å²) in [5.74, 6) is 1.16. The molecule has 1 aliphatic heterocycles. The number of methoxy groups -OCH3 is 1. The van der Waals surface area contributed by atoms with E-state index in [0.717, 1.165) is 31.4 Å². The van der Waals surface area contributed by atoms with Crippen molar-refractivity contribution >= 4 is 11.8 Å². The Kier molecular flexibility index (Phi) is 6.07. The first-order chi connectivity index (χ1) is 14.1. The average Bonchev–Trinajstić information content (AvgIpc) is 2.77. The van der Waals surface area contributed by atoms with E-state index in [2.05, 4.69) is 0 Å². The molecule has 3 unspecified atom stereocenters. The fourth-order valence-electron chi connectivity index (χ4n) is 4.48. The Bertz CT molecular complexity index is 762. The predicted octanol–water partition coefficient (Wildman–Crippen LogP) is 4.18. The molecule has 2 aliphatic carbocycles. The molecule has 4 rings (SSSR count). The maximum absolute atomic E-state index is 12.9. The van der Waals surface area contributed by atoms with Crippen LogP contribution in [0.25, 0.3) is 0 Å². The number of benzene rings is 1. The van der Waals surface area contributed by atoms with Gasteiger partial charge in [-0.3, -0.25) is 9.59 Å². The summed E-state index contributed by atoms with van der Waals surface area (Å²) in [7, 11) is 1.60. The average molecular weight is 400 g/mol. The van der Waals surface area contributed by atoms with Gasteiger partial charge >= 0.3 is 5.97 Å². The van der Waals surface area contributed by atoms with E-state index < -0.39 is 0 Å². The first kappa shape index (κ1) is 19.8. The second-order valence-electron chi connectivity index (χ2n) is 8.11. The molecule has 0 N–H and O–H groups in total. The number of carbonyl (C=O) groups excluding carboxylic acids is 2. The SMILES string of the molecule is COc1ccc(OC2=COC3CC(OC(=O)C4CCCCC4)CCC3C2=O)cc1. The summed E-state index contributed by atoms with van der Waals surface area (Å²) in [4.78, 5) is 25.3. The zero-order valence-electron chi connectivity index (χ0n) is 16.8. The Morgan fingerprint density at radius 2 is 1.72 bits per heavy atom. The molecule has 3 aliphatic rings. The lowest BCUT2D eigenvalue weighted by atomic mass is 9.80. The number of allylic oxidation sites excluding steroid dienone is 1. The van der Waals surface area contributed by atoms with Crippen molar-refractivity contribution in [3.63, 3.8) is 0 Å². The van der Waals surface area contributed by atoms with Crippen molar-refractivity contribution in [3.05, 3.63) is 36.3 Å². The highest BCUT2D eigenvalue weighted by Crippen LogP contribution is 2.36. The number of hydrogen-bond acceptors (Lipinski definition) is 6. The zero-order valence-corrected chi connectivity index (χ0v) is 16.8. The van der Waals surface area contributed by atoms with E-state index in [0.29, 0.717) is 25.0 Å². The predicted molar refractivity (Wildman–Crippen MR) is 105 cm³/mol. The number of ether oxygens (including phenoxy) is 4. The minimum atomic E-state index is -0.261. The van der Waals surface area contributed by atoms with Gasteiger partial charge in [0.1, 0.15) is 30.0 Å². The van der Waals surface area contributed by atoms with Gasteiger partial charge in [-0.2, -0.15) is 0 Å². The summed E-state index contributed by atoms with van der Waals surface area (Å²) < 4.78 is 22.4. The largest absolute Gasteiger partial charge is 0.497 e. The van der Waals surface area contributed by atoms with Crippen LogP contribution in [0.5, 0.6) is 11.5 Å². The van der Waals surface area contributed by atoms with Crippen molar-refractivity contribution in [2.45, 2.75) is 63.6 Å². The van der Waals surface area contributed by atoms with Gasteiger partial charge < -0.3 is 18.9 Å². The second kappa shape index (κ2) is 8.89. The van der Waals surface area contributed by atoms with Gasteiger partial charge in [-0.25, -0.2) is 0 Å². The van der Waals surface area contributed by atoms with E-state index in [1.54, 1.807) is 31.4 Å². The van der Waals surface area contributed by atoms with E-state index >= 15 is 0 Å². The van der Waals surface area contributed by atoms with Gasteiger partial charge in [0.25, 0.3) is 0 Å². The quantitative estimate of drug-likeness (QED) is 0.691. The van der Waals surface area contributed by atoms with Gasteiger partial charge in [0, 0.05) is 6.42 Å². The maximum Gasteiger partial charge on any atom is 0.309 e. The Morgan fingerprint density at radius 1 is 1.00 bits per heavy atom. The molecular formula is C23H28O6. The molecule has 0 spiro atoms. The van der Waals surface area contributed by atoms with Gasteiger partial charge in [0.2, 0.25) is 11.5 Å². The van der Waals surface area contributed by atoms with Crippen molar-refractivity contribution in [2.75, 3.05) is 7.11 Å². The summed E-state index contributed by atoms with van der Waals surface area (Å²) >= 11 is 0. The first-order valence-corrected chi connectivity index (χ1v) is 10.6. The maximum atomic E-state index is 12.9. The van der Waals surface area contributed by atoms with Crippen LogP contribution in [0.4, 0.5) is 0 Å². The van der Waals surface area contributed by atoms with Crippen LogP contribution in [-0.4, -0.2) is 31.1 Å². The Balaban J connectivity index is 1.33. The standard InChI is InChI=1S/C23H28O6/c1-26-16-7-9-17(10-8-16)28-21-14-27-20-13-18(11-12-19(20)22(21)24)29-23(25)15-5-3-2-4-6-15/h7-10,14-15,18-20H,2-6,11-13H2,1H3. The molecule has 0 aromatic heterocycles. The molecule has 3 atom stereocenters. The molecule has 2 fully saturated rings. The van der Waals surface area contributed by atoms with E-state index in [1.165, 1.54) is 12.7 Å². The highest BCUT2D eigenvalue weighted by molar-refractivity contribution is 5.96. The van der Waals surface area contributed by atoms with E-state index in [4.69, 9.17) is 18.9 Å². The molecule has 1 aromatic carbocycles. The number of hydrogen-bond donors (Lipinski definition) is 0. The number of carbonyl (C=O) groups is 2. The third kappa shape index (κ3) is 4.57. The molecule has 2 saturated carbocycles. The van der Waals surface area contributed by atoms with Crippen LogP contribution < -0.4 is 9.47 Å². The fourth-order valence-corrected chi connectivity index (χ4v) is 4.48. The molecule has 6 nitrogen and oxygen atoms in total. The van der Waals surface area contributed by atoms with Gasteiger partial charge in [-0.05, 0) is 49.9 Å². The van der Waals surface area contributed by atoms with Crippen LogP contribution in [-0.2, 0) is 19.1 Å². The first-order valence-electron chi connectivity index (χ1n) is 10.6. The summed E-state index contributed by atoms with van der Waals surface area (Å²) in [5, 5.41) is 0. The molecule has 0 amide bonds. The summed E-state index contributed by atoms with van der Waals surface area (Å²) in [6.45, 7) is 0. The highest BCUT2D eigenvalue weighted by Gasteiger charge is 2.42. The van der Waals surface area contributed by atoms with E-state index in [-0.39, 0.29) is 41.6 Å². The van der Waals surface area contributed by atoms with Crippen molar-refractivity contribution in [1.29, 1.82) is 0 Å². The zero-order chi connectivity index (χ0) is 20.2. The minimum absolute atomic E-state index is 0.0415. The third-order valence-corrected chi connectivity index (χ3v) is 6.18. The van der Waals surface area contributed by atoms with Crippen LogP contribution in [0, 0.1) is 11.8 Å². The third-order valence-electron chi connectivity index (χ3n) is 6.18. The molecule has 29 heavy (non-hydrogen) atoms. The number of esters is 1.